The third kappa shape index (κ3) is 1.92. The SMILES string of the molecule is COc1cc(Cl)c(C)c(C2(N)CCCC2)c1. The first-order chi connectivity index (χ1) is 7.57. The molecule has 0 saturated heterocycles. The minimum atomic E-state index is -0.206. The van der Waals surface area contributed by atoms with Crippen LogP contribution in [-0.4, -0.2) is 7.11 Å². The van der Waals surface area contributed by atoms with Crippen LogP contribution < -0.4 is 10.5 Å². The Morgan fingerprint density at radius 1 is 1.31 bits per heavy atom. The maximum absolute atomic E-state index is 6.46. The molecule has 2 N–H and O–H groups in total. The largest absolute Gasteiger partial charge is 0.497 e. The van der Waals surface area contributed by atoms with E-state index in [1.54, 1.807) is 7.11 Å². The van der Waals surface area contributed by atoms with Crippen LogP contribution in [0, 0.1) is 6.92 Å². The molecule has 1 aromatic rings. The van der Waals surface area contributed by atoms with Crippen molar-refractivity contribution < 1.29 is 4.74 Å². The second-order valence-corrected chi connectivity index (χ2v) is 5.05. The molecule has 1 aliphatic carbocycles. The maximum Gasteiger partial charge on any atom is 0.120 e. The van der Waals surface area contributed by atoms with Gasteiger partial charge in [0, 0.05) is 10.6 Å². The highest BCUT2D eigenvalue weighted by Crippen LogP contribution is 2.41. The summed E-state index contributed by atoms with van der Waals surface area (Å²) < 4.78 is 5.26. The first kappa shape index (κ1) is 11.7. The lowest BCUT2D eigenvalue weighted by atomic mass is 9.86. The van der Waals surface area contributed by atoms with Crippen molar-refractivity contribution in [2.45, 2.75) is 38.1 Å². The Labute approximate surface area is 102 Å². The minimum absolute atomic E-state index is 0.206. The van der Waals surface area contributed by atoms with Gasteiger partial charge in [-0.3, -0.25) is 0 Å². The van der Waals surface area contributed by atoms with Crippen molar-refractivity contribution in [1.82, 2.24) is 0 Å². The quantitative estimate of drug-likeness (QED) is 0.859. The molecule has 16 heavy (non-hydrogen) atoms. The summed E-state index contributed by atoms with van der Waals surface area (Å²) in [5, 5.41) is 0.742. The molecule has 2 rings (SSSR count). The molecule has 0 amide bonds. The van der Waals surface area contributed by atoms with E-state index in [0.29, 0.717) is 0 Å². The lowest BCUT2D eigenvalue weighted by molar-refractivity contribution is 0.408. The lowest BCUT2D eigenvalue weighted by Crippen LogP contribution is -2.34. The number of rotatable bonds is 2. The molecule has 1 fully saturated rings. The maximum atomic E-state index is 6.46. The van der Waals surface area contributed by atoms with Crippen LogP contribution in [0.5, 0.6) is 5.75 Å². The second-order valence-electron chi connectivity index (χ2n) is 4.65. The van der Waals surface area contributed by atoms with Gasteiger partial charge in [-0.2, -0.15) is 0 Å². The number of ether oxygens (including phenoxy) is 1. The standard InChI is InChI=1S/C13H18ClNO/c1-9-11(13(15)5-3-4-6-13)7-10(16-2)8-12(9)14/h7-8H,3-6,15H2,1-2H3. The summed E-state index contributed by atoms with van der Waals surface area (Å²) in [6, 6.07) is 3.88. The molecule has 1 saturated carbocycles. The molecule has 0 aliphatic heterocycles. The zero-order valence-electron chi connectivity index (χ0n) is 9.85. The van der Waals surface area contributed by atoms with E-state index in [-0.39, 0.29) is 5.54 Å². The van der Waals surface area contributed by atoms with Gasteiger partial charge in [0.05, 0.1) is 7.11 Å². The first-order valence-electron chi connectivity index (χ1n) is 5.70. The van der Waals surface area contributed by atoms with Gasteiger partial charge in [-0.1, -0.05) is 24.4 Å². The van der Waals surface area contributed by atoms with Gasteiger partial charge in [0.25, 0.3) is 0 Å². The predicted molar refractivity (Wildman–Crippen MR) is 67.1 cm³/mol. The van der Waals surface area contributed by atoms with E-state index < -0.39 is 0 Å². The van der Waals surface area contributed by atoms with Crippen LogP contribution in [0.25, 0.3) is 0 Å². The summed E-state index contributed by atoms with van der Waals surface area (Å²) in [4.78, 5) is 0. The molecule has 0 radical (unpaired) electrons. The molecule has 1 aromatic carbocycles. The number of nitrogens with two attached hydrogens (primary N) is 1. The molecule has 0 aromatic heterocycles. The third-order valence-corrected chi connectivity index (χ3v) is 3.98. The van der Waals surface area contributed by atoms with Crippen molar-refractivity contribution in [3.8, 4) is 5.75 Å². The van der Waals surface area contributed by atoms with Crippen LogP contribution in [0.4, 0.5) is 0 Å². The number of methoxy groups -OCH3 is 1. The predicted octanol–water partition coefficient (Wildman–Crippen LogP) is 3.39. The van der Waals surface area contributed by atoms with Gasteiger partial charge in [-0.25, -0.2) is 0 Å². The van der Waals surface area contributed by atoms with Gasteiger partial charge in [0.2, 0.25) is 0 Å². The van der Waals surface area contributed by atoms with E-state index in [1.807, 2.05) is 19.1 Å². The molecular formula is C13H18ClNO. The molecule has 0 heterocycles. The highest BCUT2D eigenvalue weighted by molar-refractivity contribution is 6.31. The van der Waals surface area contributed by atoms with Crippen molar-refractivity contribution in [1.29, 1.82) is 0 Å². The Morgan fingerprint density at radius 2 is 1.94 bits per heavy atom. The van der Waals surface area contributed by atoms with Gasteiger partial charge < -0.3 is 10.5 Å². The Balaban J connectivity index is 2.50. The summed E-state index contributed by atoms with van der Waals surface area (Å²) in [5.74, 6) is 0.794. The Hall–Kier alpha value is -0.730. The molecule has 2 nitrogen and oxygen atoms in total. The van der Waals surface area contributed by atoms with Crippen LogP contribution in [0.2, 0.25) is 5.02 Å². The van der Waals surface area contributed by atoms with Crippen LogP contribution in [0.1, 0.15) is 36.8 Å². The molecule has 3 heteroatoms. The van der Waals surface area contributed by atoms with E-state index in [1.165, 1.54) is 12.8 Å². The molecule has 0 spiro atoms. The third-order valence-electron chi connectivity index (χ3n) is 3.59. The summed E-state index contributed by atoms with van der Waals surface area (Å²) in [6.45, 7) is 2.03. The molecule has 0 bridgehead atoms. The summed E-state index contributed by atoms with van der Waals surface area (Å²) >= 11 is 6.20. The molecule has 0 atom stereocenters. The van der Waals surface area contributed by atoms with Crippen LogP contribution in [-0.2, 0) is 5.54 Å². The summed E-state index contributed by atoms with van der Waals surface area (Å²) in [5.41, 5.74) is 8.49. The van der Waals surface area contributed by atoms with Crippen LogP contribution in [0.3, 0.4) is 0 Å². The van der Waals surface area contributed by atoms with Gasteiger partial charge >= 0.3 is 0 Å². The van der Waals surface area contributed by atoms with E-state index in [4.69, 9.17) is 22.1 Å². The minimum Gasteiger partial charge on any atom is -0.497 e. The van der Waals surface area contributed by atoms with E-state index in [0.717, 1.165) is 34.7 Å². The monoisotopic (exact) mass is 239 g/mol. The highest BCUT2D eigenvalue weighted by Gasteiger charge is 2.33. The van der Waals surface area contributed by atoms with E-state index >= 15 is 0 Å². The fraction of sp³-hybridized carbons (Fsp3) is 0.538. The smallest absolute Gasteiger partial charge is 0.120 e. The van der Waals surface area contributed by atoms with Gasteiger partial charge in [0.1, 0.15) is 5.75 Å². The van der Waals surface area contributed by atoms with Crippen molar-refractivity contribution in [3.05, 3.63) is 28.3 Å². The molecule has 0 unspecified atom stereocenters. The summed E-state index contributed by atoms with van der Waals surface area (Å²) in [7, 11) is 1.66. The van der Waals surface area contributed by atoms with E-state index in [9.17, 15) is 0 Å². The van der Waals surface area contributed by atoms with Gasteiger partial charge in [-0.05, 0) is 43.0 Å². The lowest BCUT2D eigenvalue weighted by Gasteiger charge is -2.27. The second kappa shape index (κ2) is 4.27. The number of hydrogen-bond acceptors (Lipinski definition) is 2. The first-order valence-corrected chi connectivity index (χ1v) is 6.08. The Bertz CT molecular complexity index is 397. The number of hydrogen-bond donors (Lipinski definition) is 1. The Morgan fingerprint density at radius 3 is 2.50 bits per heavy atom. The molecule has 1 aliphatic rings. The fourth-order valence-corrected chi connectivity index (χ4v) is 2.77. The number of halogens is 1. The summed E-state index contributed by atoms with van der Waals surface area (Å²) in [6.07, 6.45) is 4.48. The van der Waals surface area contributed by atoms with Crippen molar-refractivity contribution in [3.63, 3.8) is 0 Å². The fourth-order valence-electron chi connectivity index (χ4n) is 2.56. The van der Waals surface area contributed by atoms with E-state index in [2.05, 4.69) is 0 Å². The normalized spacial score (nSPS) is 18.8. The average Bonchev–Trinajstić information content (AvgIpc) is 2.70. The topological polar surface area (TPSA) is 35.2 Å². The van der Waals surface area contributed by atoms with Crippen LogP contribution in [0.15, 0.2) is 12.1 Å². The number of benzene rings is 1. The Kier molecular flexibility index (Phi) is 3.13. The van der Waals surface area contributed by atoms with Gasteiger partial charge in [-0.15, -0.1) is 0 Å². The van der Waals surface area contributed by atoms with Crippen molar-refractivity contribution in [2.75, 3.05) is 7.11 Å². The highest BCUT2D eigenvalue weighted by atomic mass is 35.5. The zero-order chi connectivity index (χ0) is 11.8. The van der Waals surface area contributed by atoms with Crippen molar-refractivity contribution in [2.24, 2.45) is 5.73 Å². The van der Waals surface area contributed by atoms with Gasteiger partial charge in [0.15, 0.2) is 0 Å². The average molecular weight is 240 g/mol. The molecular weight excluding hydrogens is 222 g/mol. The zero-order valence-corrected chi connectivity index (χ0v) is 10.6. The van der Waals surface area contributed by atoms with Crippen LogP contribution >= 0.6 is 11.6 Å². The molecule has 88 valence electrons. The van der Waals surface area contributed by atoms with Crippen molar-refractivity contribution >= 4 is 11.6 Å².